The minimum Gasteiger partial charge on any atom is -0.487 e. The zero-order valence-corrected chi connectivity index (χ0v) is 14.7. The summed E-state index contributed by atoms with van der Waals surface area (Å²) in [6.07, 6.45) is 0.388. The normalized spacial score (nSPS) is 18.2. The number of likely N-dealkylation sites (N-methyl/N-ethyl adjacent to an activating group) is 1. The molecule has 0 N–H and O–H groups in total. The highest BCUT2D eigenvalue weighted by Crippen LogP contribution is 2.30. The molecule has 24 heavy (non-hydrogen) atoms. The Morgan fingerprint density at radius 1 is 1.25 bits per heavy atom. The van der Waals surface area contributed by atoms with Crippen LogP contribution in [0.25, 0.3) is 0 Å². The fourth-order valence-electron chi connectivity index (χ4n) is 2.83. The van der Waals surface area contributed by atoms with E-state index in [9.17, 15) is 9.59 Å². The lowest BCUT2D eigenvalue weighted by Crippen LogP contribution is -2.36. The topological polar surface area (TPSA) is 76.9 Å². The van der Waals surface area contributed by atoms with Crippen molar-refractivity contribution in [1.82, 2.24) is 19.6 Å². The van der Waals surface area contributed by atoms with Crippen LogP contribution in [0, 0.1) is 0 Å². The first-order chi connectivity index (χ1) is 11.3. The van der Waals surface area contributed by atoms with Gasteiger partial charge in [0.2, 0.25) is 0 Å². The van der Waals surface area contributed by atoms with Gasteiger partial charge in [0, 0.05) is 20.1 Å². The molecule has 0 saturated heterocycles. The first-order valence-corrected chi connectivity index (χ1v) is 8.22. The van der Waals surface area contributed by atoms with Crippen molar-refractivity contribution in [2.45, 2.75) is 45.9 Å². The highest BCUT2D eigenvalue weighted by molar-refractivity contribution is 5.95. The van der Waals surface area contributed by atoms with E-state index in [1.807, 2.05) is 20.8 Å². The summed E-state index contributed by atoms with van der Waals surface area (Å²) < 4.78 is 13.0. The second-order valence-electron chi connectivity index (χ2n) is 7.18. The van der Waals surface area contributed by atoms with E-state index in [1.165, 1.54) is 0 Å². The minimum absolute atomic E-state index is 0.146. The van der Waals surface area contributed by atoms with Crippen LogP contribution in [-0.2, 0) is 17.8 Å². The van der Waals surface area contributed by atoms with Gasteiger partial charge < -0.3 is 19.3 Å². The number of ether oxygens (including phenoxy) is 2. The standard InChI is InChI=1S/C16H24N4O4/c1-16(2,3)24-15(22)19-6-5-7-20-11(10-19)13-12(17-20)14(21)18(4)8-9-23-13/h5-10H2,1-4H3. The quantitative estimate of drug-likeness (QED) is 0.717. The van der Waals surface area contributed by atoms with E-state index >= 15 is 0 Å². The Kier molecular flexibility index (Phi) is 4.15. The maximum Gasteiger partial charge on any atom is 0.410 e. The van der Waals surface area contributed by atoms with Crippen molar-refractivity contribution in [3.63, 3.8) is 0 Å². The fourth-order valence-corrected chi connectivity index (χ4v) is 2.83. The third-order valence-electron chi connectivity index (χ3n) is 4.02. The molecule has 2 amide bonds. The van der Waals surface area contributed by atoms with Crippen LogP contribution in [0.15, 0.2) is 0 Å². The van der Waals surface area contributed by atoms with Crippen LogP contribution < -0.4 is 4.74 Å². The van der Waals surface area contributed by atoms with Gasteiger partial charge in [0.15, 0.2) is 11.4 Å². The van der Waals surface area contributed by atoms with Crippen LogP contribution in [0.3, 0.4) is 0 Å². The first-order valence-electron chi connectivity index (χ1n) is 8.22. The Morgan fingerprint density at radius 2 is 2.00 bits per heavy atom. The number of aryl methyl sites for hydroxylation is 1. The molecule has 2 aliphatic heterocycles. The third-order valence-corrected chi connectivity index (χ3v) is 4.02. The van der Waals surface area contributed by atoms with Crippen molar-refractivity contribution in [3.8, 4) is 5.75 Å². The molecule has 2 aliphatic rings. The number of hydrogen-bond donors (Lipinski definition) is 0. The molecule has 1 aromatic rings. The van der Waals surface area contributed by atoms with Crippen LogP contribution in [0.2, 0.25) is 0 Å². The van der Waals surface area contributed by atoms with E-state index in [4.69, 9.17) is 9.47 Å². The van der Waals surface area contributed by atoms with Gasteiger partial charge in [0.1, 0.15) is 17.9 Å². The maximum absolute atomic E-state index is 12.4. The molecule has 0 radical (unpaired) electrons. The molecule has 1 aromatic heterocycles. The van der Waals surface area contributed by atoms with E-state index in [1.54, 1.807) is 21.5 Å². The lowest BCUT2D eigenvalue weighted by molar-refractivity contribution is 0.0235. The molecule has 8 nitrogen and oxygen atoms in total. The number of carbonyl (C=O) groups excluding carboxylic acids is 2. The van der Waals surface area contributed by atoms with Gasteiger partial charge in [-0.25, -0.2) is 4.79 Å². The predicted octanol–water partition coefficient (Wildman–Crippen LogP) is 1.49. The Morgan fingerprint density at radius 3 is 2.71 bits per heavy atom. The second kappa shape index (κ2) is 5.99. The Bertz CT molecular complexity index is 662. The Labute approximate surface area is 141 Å². The highest BCUT2D eigenvalue weighted by atomic mass is 16.6. The van der Waals surface area contributed by atoms with Crippen LogP contribution in [0.4, 0.5) is 4.79 Å². The molecule has 0 spiro atoms. The van der Waals surface area contributed by atoms with Gasteiger partial charge in [0.25, 0.3) is 5.91 Å². The average Bonchev–Trinajstić information content (AvgIpc) is 2.61. The van der Waals surface area contributed by atoms with E-state index in [2.05, 4.69) is 5.10 Å². The van der Waals surface area contributed by atoms with Gasteiger partial charge in [-0.1, -0.05) is 0 Å². The van der Waals surface area contributed by atoms with Crippen molar-refractivity contribution >= 4 is 12.0 Å². The lowest BCUT2D eigenvalue weighted by Gasteiger charge is -2.26. The molecule has 0 aromatic carbocycles. The van der Waals surface area contributed by atoms with Gasteiger partial charge >= 0.3 is 6.09 Å². The highest BCUT2D eigenvalue weighted by Gasteiger charge is 2.33. The van der Waals surface area contributed by atoms with Crippen molar-refractivity contribution in [1.29, 1.82) is 0 Å². The third kappa shape index (κ3) is 3.18. The summed E-state index contributed by atoms with van der Waals surface area (Å²) >= 11 is 0. The van der Waals surface area contributed by atoms with E-state index in [0.29, 0.717) is 44.2 Å². The zero-order chi connectivity index (χ0) is 17.5. The van der Waals surface area contributed by atoms with E-state index in [-0.39, 0.29) is 12.0 Å². The largest absolute Gasteiger partial charge is 0.487 e. The van der Waals surface area contributed by atoms with Crippen molar-refractivity contribution in [2.75, 3.05) is 26.7 Å². The van der Waals surface area contributed by atoms with Gasteiger partial charge in [-0.2, -0.15) is 5.10 Å². The molecule has 0 atom stereocenters. The molecule has 0 unspecified atom stereocenters. The SMILES string of the molecule is CN1CCOc2c(nn3c2CN(C(=O)OC(C)(C)C)CCC3)C1=O. The van der Waals surface area contributed by atoms with E-state index < -0.39 is 5.60 Å². The molecular weight excluding hydrogens is 312 g/mol. The Hall–Kier alpha value is -2.25. The maximum atomic E-state index is 12.4. The summed E-state index contributed by atoms with van der Waals surface area (Å²) in [5.41, 5.74) is 0.545. The van der Waals surface area contributed by atoms with Gasteiger partial charge in [-0.3, -0.25) is 9.48 Å². The van der Waals surface area contributed by atoms with Crippen molar-refractivity contribution < 1.29 is 19.1 Å². The smallest absolute Gasteiger partial charge is 0.410 e. The molecule has 0 aliphatic carbocycles. The second-order valence-corrected chi connectivity index (χ2v) is 7.18. The van der Waals surface area contributed by atoms with Gasteiger partial charge in [-0.05, 0) is 27.2 Å². The molecule has 8 heteroatoms. The van der Waals surface area contributed by atoms with Crippen LogP contribution in [-0.4, -0.2) is 63.9 Å². The number of carbonyl (C=O) groups is 2. The average molecular weight is 336 g/mol. The molecule has 3 rings (SSSR count). The van der Waals surface area contributed by atoms with Crippen LogP contribution >= 0.6 is 0 Å². The number of aromatic nitrogens is 2. The number of hydrogen-bond acceptors (Lipinski definition) is 5. The van der Waals surface area contributed by atoms with E-state index in [0.717, 1.165) is 12.1 Å². The summed E-state index contributed by atoms with van der Waals surface area (Å²) in [5.74, 6) is 0.353. The molecule has 0 bridgehead atoms. The lowest BCUT2D eigenvalue weighted by atomic mass is 10.2. The fraction of sp³-hybridized carbons (Fsp3) is 0.688. The summed E-state index contributed by atoms with van der Waals surface area (Å²) in [7, 11) is 1.73. The number of fused-ring (bicyclic) bond motifs is 3. The zero-order valence-electron chi connectivity index (χ0n) is 14.7. The minimum atomic E-state index is -0.546. The number of rotatable bonds is 0. The molecule has 0 fully saturated rings. The van der Waals surface area contributed by atoms with Gasteiger partial charge in [-0.15, -0.1) is 0 Å². The van der Waals surface area contributed by atoms with Crippen molar-refractivity contribution in [3.05, 3.63) is 11.4 Å². The molecule has 132 valence electrons. The van der Waals surface area contributed by atoms with Crippen LogP contribution in [0.1, 0.15) is 43.4 Å². The number of nitrogens with zero attached hydrogens (tertiary/aromatic N) is 4. The van der Waals surface area contributed by atoms with Crippen LogP contribution in [0.5, 0.6) is 5.75 Å². The number of amides is 2. The summed E-state index contributed by atoms with van der Waals surface area (Å²) in [6.45, 7) is 8.02. The first kappa shape index (κ1) is 16.6. The van der Waals surface area contributed by atoms with Crippen molar-refractivity contribution in [2.24, 2.45) is 0 Å². The molecule has 3 heterocycles. The summed E-state index contributed by atoms with van der Waals surface area (Å²) in [6, 6.07) is 0. The summed E-state index contributed by atoms with van der Waals surface area (Å²) in [5, 5.41) is 4.43. The van der Waals surface area contributed by atoms with Gasteiger partial charge in [0.05, 0.1) is 13.1 Å². The summed E-state index contributed by atoms with van der Waals surface area (Å²) in [4.78, 5) is 28.1. The molecule has 0 saturated carbocycles. The predicted molar refractivity (Wildman–Crippen MR) is 85.9 cm³/mol. The Balaban J connectivity index is 1.89. The molecular formula is C16H24N4O4. The monoisotopic (exact) mass is 336 g/mol.